The number of aryl methyl sites for hydroxylation is 1. The van der Waals surface area contributed by atoms with Crippen LogP contribution in [0.3, 0.4) is 0 Å². The molecule has 2 amide bonds. The van der Waals surface area contributed by atoms with Gasteiger partial charge in [-0.3, -0.25) is 24.8 Å². The highest BCUT2D eigenvalue weighted by atomic mass is 16.5. The number of carbonyl (C=O) groups is 3. The predicted molar refractivity (Wildman–Crippen MR) is 129 cm³/mol. The van der Waals surface area contributed by atoms with Crippen LogP contribution in [-0.4, -0.2) is 68.5 Å². The molecule has 9 nitrogen and oxygen atoms in total. The Labute approximate surface area is 199 Å². The van der Waals surface area contributed by atoms with Crippen LogP contribution in [0, 0.1) is 6.92 Å². The predicted octanol–water partition coefficient (Wildman–Crippen LogP) is 2.51. The molecule has 3 rings (SSSR count). The summed E-state index contributed by atoms with van der Waals surface area (Å²) < 4.78 is 10.4. The number of benzodiazepines with no additional fused rings is 1. The molecule has 0 saturated carbocycles. The Morgan fingerprint density at radius 3 is 2.50 bits per heavy atom. The summed E-state index contributed by atoms with van der Waals surface area (Å²) in [5, 5.41) is 2.56. The average molecular weight is 467 g/mol. The van der Waals surface area contributed by atoms with Crippen molar-refractivity contribution in [1.29, 1.82) is 0 Å². The van der Waals surface area contributed by atoms with Gasteiger partial charge in [0.1, 0.15) is 13.2 Å². The fourth-order valence-electron chi connectivity index (χ4n) is 3.68. The molecule has 1 unspecified atom stereocenters. The molecule has 0 aromatic heterocycles. The lowest BCUT2D eigenvalue weighted by Gasteiger charge is -2.26. The summed E-state index contributed by atoms with van der Waals surface area (Å²) >= 11 is 0. The van der Waals surface area contributed by atoms with Gasteiger partial charge in [0.05, 0.1) is 18.0 Å². The summed E-state index contributed by atoms with van der Waals surface area (Å²) in [4.78, 5) is 46.3. The maximum Gasteiger partial charge on any atom is 0.409 e. The van der Waals surface area contributed by atoms with E-state index in [-0.39, 0.29) is 19.8 Å². The minimum Gasteiger partial charge on any atom is -0.465 e. The van der Waals surface area contributed by atoms with Crippen LogP contribution in [0.1, 0.15) is 23.6 Å². The SMILES string of the molecule is CCOC(=O)CN1C(=O)C(NC(=O)OCc2ccccc2)N=C(CN(C)C)c2cccc(C)c21. The van der Waals surface area contributed by atoms with Crippen molar-refractivity contribution in [3.05, 3.63) is 65.2 Å². The molecular formula is C25H30N4O5. The summed E-state index contributed by atoms with van der Waals surface area (Å²) in [7, 11) is 3.77. The van der Waals surface area contributed by atoms with Crippen LogP contribution in [0.2, 0.25) is 0 Å². The first-order chi connectivity index (χ1) is 16.3. The number of likely N-dealkylation sites (N-methyl/N-ethyl adjacent to an activating group) is 1. The van der Waals surface area contributed by atoms with E-state index in [1.165, 1.54) is 4.90 Å². The van der Waals surface area contributed by atoms with E-state index < -0.39 is 24.1 Å². The molecule has 0 spiro atoms. The summed E-state index contributed by atoms with van der Waals surface area (Å²) in [5.74, 6) is -1.10. The van der Waals surface area contributed by atoms with Gasteiger partial charge < -0.3 is 14.4 Å². The van der Waals surface area contributed by atoms with E-state index in [9.17, 15) is 14.4 Å². The summed E-state index contributed by atoms with van der Waals surface area (Å²) in [6.07, 6.45) is -2.05. The standard InChI is InChI=1S/C25H30N4O5/c1-5-33-21(30)15-29-22-17(2)10-9-13-19(22)20(14-28(3)4)26-23(24(29)31)27-25(32)34-16-18-11-7-6-8-12-18/h6-13,23H,5,14-16H2,1-4H3,(H,27,32). The van der Waals surface area contributed by atoms with Gasteiger partial charge in [-0.1, -0.05) is 48.5 Å². The van der Waals surface area contributed by atoms with Gasteiger partial charge in [0.15, 0.2) is 0 Å². The zero-order valence-corrected chi connectivity index (χ0v) is 19.9. The number of carbonyl (C=O) groups excluding carboxylic acids is 3. The molecule has 0 saturated heterocycles. The van der Waals surface area contributed by atoms with E-state index in [1.54, 1.807) is 6.92 Å². The molecule has 180 valence electrons. The highest BCUT2D eigenvalue weighted by Gasteiger charge is 2.35. The van der Waals surface area contributed by atoms with Crippen molar-refractivity contribution >= 4 is 29.4 Å². The lowest BCUT2D eigenvalue weighted by atomic mass is 10.0. The molecule has 0 radical (unpaired) electrons. The van der Waals surface area contributed by atoms with Gasteiger partial charge in [-0.25, -0.2) is 4.79 Å². The number of amides is 2. The van der Waals surface area contributed by atoms with Crippen LogP contribution in [0.4, 0.5) is 10.5 Å². The number of benzene rings is 2. The molecule has 0 fully saturated rings. The number of nitrogens with zero attached hydrogens (tertiary/aromatic N) is 3. The number of hydrogen-bond donors (Lipinski definition) is 1. The number of esters is 1. The highest BCUT2D eigenvalue weighted by Crippen LogP contribution is 2.29. The smallest absolute Gasteiger partial charge is 0.409 e. The van der Waals surface area contributed by atoms with Crippen molar-refractivity contribution in [3.63, 3.8) is 0 Å². The molecule has 2 aromatic rings. The Morgan fingerprint density at radius 2 is 1.82 bits per heavy atom. The topological polar surface area (TPSA) is 101 Å². The molecule has 9 heteroatoms. The van der Waals surface area contributed by atoms with Crippen LogP contribution in [-0.2, 0) is 25.7 Å². The maximum absolute atomic E-state index is 13.6. The second kappa shape index (κ2) is 11.4. The number of fused-ring (bicyclic) bond motifs is 1. The Balaban J connectivity index is 1.93. The third-order valence-electron chi connectivity index (χ3n) is 5.13. The van der Waals surface area contributed by atoms with Crippen molar-refractivity contribution < 1.29 is 23.9 Å². The van der Waals surface area contributed by atoms with Gasteiger partial charge in [-0.2, -0.15) is 0 Å². The van der Waals surface area contributed by atoms with Crippen molar-refractivity contribution in [3.8, 4) is 0 Å². The Morgan fingerprint density at radius 1 is 1.09 bits per heavy atom. The third-order valence-corrected chi connectivity index (χ3v) is 5.13. The first-order valence-corrected chi connectivity index (χ1v) is 11.1. The number of hydrogen-bond acceptors (Lipinski definition) is 7. The number of alkyl carbamates (subject to hydrolysis) is 1. The third kappa shape index (κ3) is 6.20. The second-order valence-electron chi connectivity index (χ2n) is 8.12. The van der Waals surface area contributed by atoms with Crippen LogP contribution in [0.15, 0.2) is 53.5 Å². The molecule has 0 bridgehead atoms. The largest absolute Gasteiger partial charge is 0.465 e. The number of rotatable bonds is 8. The van der Waals surface area contributed by atoms with E-state index in [0.717, 1.165) is 11.1 Å². The van der Waals surface area contributed by atoms with E-state index in [1.807, 2.05) is 74.4 Å². The average Bonchev–Trinajstić information content (AvgIpc) is 2.90. The second-order valence-corrected chi connectivity index (χ2v) is 8.12. The number of aliphatic imine (C=N–C) groups is 1. The molecular weight excluding hydrogens is 436 g/mol. The maximum atomic E-state index is 13.6. The van der Waals surface area contributed by atoms with Crippen LogP contribution < -0.4 is 10.2 Å². The molecule has 2 aromatic carbocycles. The molecule has 1 heterocycles. The van der Waals surface area contributed by atoms with Crippen LogP contribution in [0.25, 0.3) is 0 Å². The number of anilines is 1. The Kier molecular flexibility index (Phi) is 8.37. The first kappa shape index (κ1) is 24.9. The minimum atomic E-state index is -1.26. The Bertz CT molecular complexity index is 1070. The fourth-order valence-corrected chi connectivity index (χ4v) is 3.68. The van der Waals surface area contributed by atoms with Crippen molar-refractivity contribution in [1.82, 2.24) is 10.2 Å². The number of ether oxygens (including phenoxy) is 2. The Hall–Kier alpha value is -3.72. The first-order valence-electron chi connectivity index (χ1n) is 11.1. The monoisotopic (exact) mass is 466 g/mol. The van der Waals surface area contributed by atoms with E-state index in [2.05, 4.69) is 10.3 Å². The lowest BCUT2D eigenvalue weighted by Crippen LogP contribution is -2.49. The summed E-state index contributed by atoms with van der Waals surface area (Å²) in [6, 6.07) is 14.8. The number of nitrogens with one attached hydrogen (secondary N) is 1. The molecule has 1 aliphatic heterocycles. The van der Waals surface area contributed by atoms with Gasteiger partial charge in [-0.15, -0.1) is 0 Å². The zero-order chi connectivity index (χ0) is 24.7. The quantitative estimate of drug-likeness (QED) is 0.600. The normalized spacial score (nSPS) is 15.3. The van der Waals surface area contributed by atoms with Crippen molar-refractivity contribution in [2.45, 2.75) is 26.6 Å². The molecule has 1 atom stereocenters. The minimum absolute atomic E-state index is 0.0493. The fraction of sp³-hybridized carbons (Fsp3) is 0.360. The van der Waals surface area contributed by atoms with Gasteiger partial charge in [0.2, 0.25) is 6.17 Å². The van der Waals surface area contributed by atoms with Gasteiger partial charge in [0.25, 0.3) is 5.91 Å². The van der Waals surface area contributed by atoms with Crippen LogP contribution >= 0.6 is 0 Å². The number of para-hydroxylation sites is 1. The van der Waals surface area contributed by atoms with Crippen molar-refractivity contribution in [2.24, 2.45) is 4.99 Å². The highest BCUT2D eigenvalue weighted by molar-refractivity contribution is 6.15. The van der Waals surface area contributed by atoms with Gasteiger partial charge in [-0.05, 0) is 39.1 Å². The summed E-state index contributed by atoms with van der Waals surface area (Å²) in [6.45, 7) is 3.93. The van der Waals surface area contributed by atoms with E-state index in [0.29, 0.717) is 23.5 Å². The van der Waals surface area contributed by atoms with Crippen molar-refractivity contribution in [2.75, 3.05) is 38.7 Å². The van der Waals surface area contributed by atoms with E-state index in [4.69, 9.17) is 9.47 Å². The van der Waals surface area contributed by atoms with Crippen LogP contribution in [0.5, 0.6) is 0 Å². The van der Waals surface area contributed by atoms with Gasteiger partial charge in [0, 0.05) is 12.1 Å². The molecule has 1 N–H and O–H groups in total. The van der Waals surface area contributed by atoms with Gasteiger partial charge >= 0.3 is 12.1 Å². The molecule has 0 aliphatic carbocycles. The zero-order valence-electron chi connectivity index (χ0n) is 19.9. The molecule has 1 aliphatic rings. The van der Waals surface area contributed by atoms with E-state index >= 15 is 0 Å². The lowest BCUT2D eigenvalue weighted by molar-refractivity contribution is -0.142. The summed E-state index contributed by atoms with van der Waals surface area (Å²) in [5.41, 5.74) is 3.51. The molecule has 34 heavy (non-hydrogen) atoms.